The summed E-state index contributed by atoms with van der Waals surface area (Å²) in [5.41, 5.74) is 1.69. The van der Waals surface area contributed by atoms with Crippen LogP contribution in [0.4, 0.5) is 0 Å². The molecule has 2 aromatic carbocycles. The van der Waals surface area contributed by atoms with Crippen molar-refractivity contribution in [3.8, 4) is 22.9 Å². The molecule has 0 unspecified atom stereocenters. The monoisotopic (exact) mass is 398 g/mol. The van der Waals surface area contributed by atoms with E-state index in [4.69, 9.17) is 20.9 Å². The number of benzene rings is 2. The molecule has 0 radical (unpaired) electrons. The molecule has 0 saturated carbocycles. The van der Waals surface area contributed by atoms with Crippen LogP contribution in [0, 0.1) is 0 Å². The predicted molar refractivity (Wildman–Crippen MR) is 104 cm³/mol. The first-order valence-electron chi connectivity index (χ1n) is 8.12. The maximum Gasteiger partial charge on any atom is 0.259 e. The summed E-state index contributed by atoms with van der Waals surface area (Å²) in [5.74, 6) is 2.30. The normalized spacial score (nSPS) is 10.9. The Balaban J connectivity index is 1.51. The minimum atomic E-state index is 0.410. The van der Waals surface area contributed by atoms with Gasteiger partial charge in [0.1, 0.15) is 5.75 Å². The summed E-state index contributed by atoms with van der Waals surface area (Å²) in [6.45, 7) is 0. The van der Waals surface area contributed by atoms with Crippen molar-refractivity contribution >= 4 is 23.4 Å². The number of ether oxygens (including phenoxy) is 1. The fraction of sp³-hybridized carbons (Fsp3) is 0.105. The van der Waals surface area contributed by atoms with Gasteiger partial charge in [-0.2, -0.15) is 4.98 Å². The van der Waals surface area contributed by atoms with Gasteiger partial charge in [0.2, 0.25) is 0 Å². The molecule has 0 atom stereocenters. The lowest BCUT2D eigenvalue weighted by Gasteiger charge is -2.08. The summed E-state index contributed by atoms with van der Waals surface area (Å²) >= 11 is 7.70. The summed E-state index contributed by atoms with van der Waals surface area (Å²) < 4.78 is 12.6. The maximum atomic E-state index is 6.18. The molecule has 0 aliphatic carbocycles. The highest BCUT2D eigenvalue weighted by atomic mass is 35.5. The summed E-state index contributed by atoms with van der Waals surface area (Å²) in [5, 5.41) is 5.44. The van der Waals surface area contributed by atoms with Crippen LogP contribution in [0.15, 0.2) is 70.6 Å². The molecular formula is C19H15ClN4O2S. The van der Waals surface area contributed by atoms with Crippen molar-refractivity contribution in [3.05, 3.63) is 71.8 Å². The zero-order valence-electron chi connectivity index (χ0n) is 14.4. The van der Waals surface area contributed by atoms with Crippen LogP contribution in [0.1, 0.15) is 5.82 Å². The lowest BCUT2D eigenvalue weighted by Crippen LogP contribution is -1.96. The SMILES string of the molecule is COc1cccc(-n2ccnc2SCc2noc(-c3ccccc3Cl)n2)c1. The molecule has 4 aromatic rings. The summed E-state index contributed by atoms with van der Waals surface area (Å²) in [4.78, 5) is 8.85. The van der Waals surface area contributed by atoms with Gasteiger partial charge in [-0.05, 0) is 24.3 Å². The van der Waals surface area contributed by atoms with E-state index in [2.05, 4.69) is 15.1 Å². The van der Waals surface area contributed by atoms with E-state index in [-0.39, 0.29) is 0 Å². The molecule has 2 aromatic heterocycles. The van der Waals surface area contributed by atoms with Crippen molar-refractivity contribution < 1.29 is 9.26 Å². The number of hydrogen-bond donors (Lipinski definition) is 0. The molecule has 8 heteroatoms. The van der Waals surface area contributed by atoms with Gasteiger partial charge in [-0.15, -0.1) is 0 Å². The Bertz CT molecular complexity index is 1060. The van der Waals surface area contributed by atoms with E-state index in [1.165, 1.54) is 11.8 Å². The second-order valence-electron chi connectivity index (χ2n) is 5.57. The van der Waals surface area contributed by atoms with E-state index in [1.54, 1.807) is 19.4 Å². The molecule has 0 fully saturated rings. The maximum absolute atomic E-state index is 6.18. The topological polar surface area (TPSA) is 66.0 Å². The van der Waals surface area contributed by atoms with Gasteiger partial charge in [0, 0.05) is 18.5 Å². The van der Waals surface area contributed by atoms with Crippen LogP contribution in [0.3, 0.4) is 0 Å². The Kier molecular flexibility index (Phi) is 5.13. The smallest absolute Gasteiger partial charge is 0.259 e. The van der Waals surface area contributed by atoms with Crippen molar-refractivity contribution in [2.75, 3.05) is 7.11 Å². The number of aromatic nitrogens is 4. The van der Waals surface area contributed by atoms with Crippen molar-refractivity contribution in [1.82, 2.24) is 19.7 Å². The molecule has 0 saturated heterocycles. The third-order valence-electron chi connectivity index (χ3n) is 3.84. The number of methoxy groups -OCH3 is 1. The minimum Gasteiger partial charge on any atom is -0.497 e. The molecule has 0 spiro atoms. The number of imidazole rings is 1. The number of rotatable bonds is 6. The highest BCUT2D eigenvalue weighted by molar-refractivity contribution is 7.98. The van der Waals surface area contributed by atoms with Crippen LogP contribution in [0.5, 0.6) is 5.75 Å². The van der Waals surface area contributed by atoms with E-state index in [0.717, 1.165) is 22.2 Å². The van der Waals surface area contributed by atoms with Crippen molar-refractivity contribution in [2.45, 2.75) is 10.9 Å². The third kappa shape index (κ3) is 3.84. The van der Waals surface area contributed by atoms with Gasteiger partial charge in [-0.25, -0.2) is 4.98 Å². The highest BCUT2D eigenvalue weighted by Gasteiger charge is 2.13. The standard InChI is InChI=1S/C19H15ClN4O2S/c1-25-14-6-4-5-13(11-14)24-10-9-21-19(24)27-12-17-22-18(26-23-17)15-7-2-3-8-16(15)20/h2-11H,12H2,1H3. The van der Waals surface area contributed by atoms with Crippen molar-refractivity contribution in [1.29, 1.82) is 0 Å². The van der Waals surface area contributed by atoms with E-state index in [9.17, 15) is 0 Å². The first-order chi connectivity index (χ1) is 13.2. The van der Waals surface area contributed by atoms with Crippen molar-refractivity contribution in [2.24, 2.45) is 0 Å². The molecule has 4 rings (SSSR count). The molecule has 6 nitrogen and oxygen atoms in total. The average Bonchev–Trinajstić information content (AvgIpc) is 3.36. The van der Waals surface area contributed by atoms with Crippen molar-refractivity contribution in [3.63, 3.8) is 0 Å². The number of nitrogens with zero attached hydrogens (tertiary/aromatic N) is 4. The van der Waals surface area contributed by atoms with Crippen LogP contribution in [0.2, 0.25) is 5.02 Å². The summed E-state index contributed by atoms with van der Waals surface area (Å²) in [7, 11) is 1.65. The average molecular weight is 399 g/mol. The first kappa shape index (κ1) is 17.6. The molecule has 0 amide bonds. The Morgan fingerprint density at radius 1 is 1.19 bits per heavy atom. The zero-order valence-corrected chi connectivity index (χ0v) is 15.9. The lowest BCUT2D eigenvalue weighted by atomic mass is 10.2. The van der Waals surface area contributed by atoms with E-state index in [1.807, 2.05) is 53.2 Å². The lowest BCUT2D eigenvalue weighted by molar-refractivity contribution is 0.414. The molecule has 136 valence electrons. The van der Waals surface area contributed by atoms with Gasteiger partial charge < -0.3 is 9.26 Å². The largest absolute Gasteiger partial charge is 0.497 e. The predicted octanol–water partition coefficient (Wildman–Crippen LogP) is 4.88. The zero-order chi connectivity index (χ0) is 18.6. The molecule has 0 N–H and O–H groups in total. The fourth-order valence-electron chi connectivity index (χ4n) is 2.54. The van der Waals surface area contributed by atoms with E-state index in [0.29, 0.717) is 22.5 Å². The van der Waals surface area contributed by atoms with Gasteiger partial charge in [-0.3, -0.25) is 4.57 Å². The summed E-state index contributed by atoms with van der Waals surface area (Å²) in [6, 6.07) is 15.2. The van der Waals surface area contributed by atoms with Crippen LogP contribution in [0.25, 0.3) is 17.1 Å². The molecule has 0 aliphatic rings. The number of thioether (sulfide) groups is 1. The van der Waals surface area contributed by atoms with Gasteiger partial charge >= 0.3 is 0 Å². The Morgan fingerprint density at radius 2 is 2.07 bits per heavy atom. The molecular weight excluding hydrogens is 384 g/mol. The number of halogens is 1. The minimum absolute atomic E-state index is 0.410. The fourth-order valence-corrected chi connectivity index (χ4v) is 3.57. The van der Waals surface area contributed by atoms with Gasteiger partial charge in [0.15, 0.2) is 11.0 Å². The molecule has 0 bridgehead atoms. The van der Waals surface area contributed by atoms with Gasteiger partial charge in [0.05, 0.1) is 29.1 Å². The van der Waals surface area contributed by atoms with E-state index >= 15 is 0 Å². The van der Waals surface area contributed by atoms with Crippen LogP contribution < -0.4 is 4.74 Å². The second-order valence-corrected chi connectivity index (χ2v) is 6.92. The Labute approximate surface area is 165 Å². The quantitative estimate of drug-likeness (QED) is 0.431. The second kappa shape index (κ2) is 7.85. The van der Waals surface area contributed by atoms with E-state index < -0.39 is 0 Å². The van der Waals surface area contributed by atoms with Crippen LogP contribution in [-0.4, -0.2) is 26.8 Å². The Hall–Kier alpha value is -2.77. The number of hydrogen-bond acceptors (Lipinski definition) is 6. The molecule has 27 heavy (non-hydrogen) atoms. The molecule has 0 aliphatic heterocycles. The van der Waals surface area contributed by atoms with Gasteiger partial charge in [0.25, 0.3) is 5.89 Å². The third-order valence-corrected chi connectivity index (χ3v) is 5.13. The first-order valence-corrected chi connectivity index (χ1v) is 9.49. The summed E-state index contributed by atoms with van der Waals surface area (Å²) in [6.07, 6.45) is 3.66. The van der Waals surface area contributed by atoms with Gasteiger partial charge in [-0.1, -0.05) is 46.7 Å². The molecule has 2 heterocycles. The highest BCUT2D eigenvalue weighted by Crippen LogP contribution is 2.28. The Morgan fingerprint density at radius 3 is 2.93 bits per heavy atom. The van der Waals surface area contributed by atoms with Crippen LogP contribution >= 0.6 is 23.4 Å². The van der Waals surface area contributed by atoms with Crippen LogP contribution in [-0.2, 0) is 5.75 Å².